The first-order valence-electron chi connectivity index (χ1n) is 8.36. The molecule has 0 spiro atoms. The molecule has 1 amide bonds. The van der Waals surface area contributed by atoms with Crippen LogP contribution in [0.25, 0.3) is 0 Å². The summed E-state index contributed by atoms with van der Waals surface area (Å²) in [6.07, 6.45) is 0.214. The van der Waals surface area contributed by atoms with E-state index in [2.05, 4.69) is 10.0 Å². The second-order valence-corrected chi connectivity index (χ2v) is 9.13. The van der Waals surface area contributed by atoms with E-state index < -0.39 is 10.0 Å². The number of carbonyl (C=O) groups is 1. The van der Waals surface area contributed by atoms with Gasteiger partial charge in [0.05, 0.1) is 6.42 Å². The fourth-order valence-corrected chi connectivity index (χ4v) is 4.70. The van der Waals surface area contributed by atoms with Gasteiger partial charge in [-0.25, -0.2) is 8.42 Å². The molecule has 5 nitrogen and oxygen atoms in total. The van der Waals surface area contributed by atoms with Gasteiger partial charge in [0, 0.05) is 11.4 Å². The Morgan fingerprint density at radius 1 is 1.04 bits per heavy atom. The van der Waals surface area contributed by atoms with Gasteiger partial charge in [0.25, 0.3) is 10.0 Å². The van der Waals surface area contributed by atoms with E-state index in [0.29, 0.717) is 5.69 Å². The molecular weight excluding hydrogens is 380 g/mol. The first kappa shape index (κ1) is 19.1. The van der Waals surface area contributed by atoms with Crippen LogP contribution in [0.3, 0.4) is 0 Å². The molecule has 0 radical (unpaired) electrons. The van der Waals surface area contributed by atoms with E-state index in [1.165, 1.54) is 0 Å². The number of rotatable bonds is 6. The van der Waals surface area contributed by atoms with Crippen LogP contribution in [0, 0.1) is 13.8 Å². The van der Waals surface area contributed by atoms with Crippen molar-refractivity contribution in [2.45, 2.75) is 24.5 Å². The summed E-state index contributed by atoms with van der Waals surface area (Å²) in [6.45, 7) is 3.96. The van der Waals surface area contributed by atoms with E-state index in [0.717, 1.165) is 33.7 Å². The molecule has 0 saturated carbocycles. The Morgan fingerprint density at radius 2 is 1.78 bits per heavy atom. The van der Waals surface area contributed by atoms with Crippen molar-refractivity contribution in [2.75, 3.05) is 10.0 Å². The average Bonchev–Trinajstić information content (AvgIpc) is 3.15. The molecule has 1 heterocycles. The molecule has 27 heavy (non-hydrogen) atoms. The molecule has 2 N–H and O–H groups in total. The topological polar surface area (TPSA) is 75.3 Å². The quantitative estimate of drug-likeness (QED) is 0.646. The lowest BCUT2D eigenvalue weighted by Crippen LogP contribution is -2.15. The van der Waals surface area contributed by atoms with Crippen LogP contribution < -0.4 is 10.0 Å². The predicted molar refractivity (Wildman–Crippen MR) is 110 cm³/mol. The summed E-state index contributed by atoms with van der Waals surface area (Å²) in [5.74, 6) is -0.117. The number of thiophene rings is 1. The van der Waals surface area contributed by atoms with Crippen LogP contribution in [-0.2, 0) is 21.2 Å². The van der Waals surface area contributed by atoms with Crippen molar-refractivity contribution in [3.05, 3.63) is 76.7 Å². The number of sulfonamides is 1. The molecule has 0 saturated heterocycles. The van der Waals surface area contributed by atoms with Crippen molar-refractivity contribution in [2.24, 2.45) is 0 Å². The second-order valence-electron chi connectivity index (χ2n) is 6.28. The summed E-state index contributed by atoms with van der Waals surface area (Å²) in [4.78, 5) is 12.3. The van der Waals surface area contributed by atoms with Crippen LogP contribution in [0.5, 0.6) is 0 Å². The van der Waals surface area contributed by atoms with Crippen molar-refractivity contribution in [1.82, 2.24) is 0 Å². The zero-order valence-electron chi connectivity index (χ0n) is 15.0. The molecule has 1 aromatic heterocycles. The van der Waals surface area contributed by atoms with Gasteiger partial charge in [-0.1, -0.05) is 35.9 Å². The number of nitrogens with one attached hydrogen (secondary N) is 2. The molecule has 0 fully saturated rings. The number of amides is 1. The molecule has 3 rings (SSSR count). The highest BCUT2D eigenvalue weighted by Gasteiger charge is 2.15. The smallest absolute Gasteiger partial charge is 0.271 e. The first-order chi connectivity index (χ1) is 12.8. The third-order valence-corrected chi connectivity index (χ3v) is 6.77. The van der Waals surface area contributed by atoms with E-state index in [1.807, 2.05) is 32.0 Å². The lowest BCUT2D eigenvalue weighted by Gasteiger charge is -2.10. The minimum absolute atomic E-state index is 0.117. The minimum Gasteiger partial charge on any atom is -0.326 e. The van der Waals surface area contributed by atoms with Gasteiger partial charge in [-0.15, -0.1) is 11.3 Å². The predicted octanol–water partition coefficient (Wildman–Crippen LogP) is 4.35. The maximum Gasteiger partial charge on any atom is 0.271 e. The van der Waals surface area contributed by atoms with E-state index in [-0.39, 0.29) is 16.5 Å². The molecule has 0 aliphatic rings. The second kappa shape index (κ2) is 7.94. The van der Waals surface area contributed by atoms with Crippen LogP contribution in [-0.4, -0.2) is 14.3 Å². The summed E-state index contributed by atoms with van der Waals surface area (Å²) < 4.78 is 27.2. The zero-order valence-corrected chi connectivity index (χ0v) is 16.7. The fraction of sp³-hybridized carbons (Fsp3) is 0.150. The van der Waals surface area contributed by atoms with Crippen molar-refractivity contribution < 1.29 is 13.2 Å². The van der Waals surface area contributed by atoms with Crippen LogP contribution in [0.2, 0.25) is 0 Å². The maximum absolute atomic E-state index is 12.3. The van der Waals surface area contributed by atoms with Crippen molar-refractivity contribution in [1.29, 1.82) is 0 Å². The highest BCUT2D eigenvalue weighted by atomic mass is 32.2. The Labute approximate surface area is 163 Å². The molecule has 7 heteroatoms. The number of carbonyl (C=O) groups excluding carboxylic acids is 1. The Balaban J connectivity index is 1.63. The number of benzene rings is 2. The van der Waals surface area contributed by atoms with Gasteiger partial charge in [-0.2, -0.15) is 0 Å². The number of hydrogen-bond acceptors (Lipinski definition) is 4. The van der Waals surface area contributed by atoms with Gasteiger partial charge < -0.3 is 5.32 Å². The Kier molecular flexibility index (Phi) is 5.62. The summed E-state index contributed by atoms with van der Waals surface area (Å²) in [7, 11) is -3.57. The molecule has 0 aliphatic heterocycles. The maximum atomic E-state index is 12.3. The average molecular weight is 401 g/mol. The van der Waals surface area contributed by atoms with Gasteiger partial charge in [0.15, 0.2) is 0 Å². The van der Waals surface area contributed by atoms with Crippen LogP contribution >= 0.6 is 11.3 Å². The lowest BCUT2D eigenvalue weighted by molar-refractivity contribution is -0.115. The van der Waals surface area contributed by atoms with Crippen LogP contribution in [0.15, 0.2) is 64.2 Å². The third-order valence-electron chi connectivity index (χ3n) is 3.99. The van der Waals surface area contributed by atoms with Gasteiger partial charge in [0.1, 0.15) is 4.21 Å². The number of aryl methyl sites for hydroxylation is 2. The monoisotopic (exact) mass is 400 g/mol. The Bertz CT molecular complexity index is 1040. The van der Waals surface area contributed by atoms with Crippen molar-refractivity contribution in [3.8, 4) is 0 Å². The van der Waals surface area contributed by atoms with Crippen LogP contribution in [0.1, 0.15) is 16.7 Å². The highest BCUT2D eigenvalue weighted by Crippen LogP contribution is 2.21. The third kappa shape index (κ3) is 4.96. The van der Waals surface area contributed by atoms with Gasteiger partial charge >= 0.3 is 0 Å². The number of anilines is 2. The molecule has 0 bridgehead atoms. The summed E-state index contributed by atoms with van der Waals surface area (Å²) >= 11 is 1.16. The summed E-state index contributed by atoms with van der Waals surface area (Å²) in [6, 6.07) is 15.9. The molecular formula is C20H20N2O3S2. The molecule has 0 atom stereocenters. The molecule has 140 valence electrons. The van der Waals surface area contributed by atoms with Crippen molar-refractivity contribution >= 4 is 38.6 Å². The normalized spacial score (nSPS) is 11.2. The lowest BCUT2D eigenvalue weighted by atomic mass is 10.1. The van der Waals surface area contributed by atoms with E-state index >= 15 is 0 Å². The highest BCUT2D eigenvalue weighted by molar-refractivity contribution is 7.94. The van der Waals surface area contributed by atoms with Crippen molar-refractivity contribution in [3.63, 3.8) is 0 Å². The van der Waals surface area contributed by atoms with Gasteiger partial charge in [-0.05, 0) is 54.6 Å². The SMILES string of the molecule is Cc1ccc(NC(=O)Cc2ccc(NS(=O)(=O)c3cccs3)cc2)c(C)c1. The summed E-state index contributed by atoms with van der Waals surface area (Å²) in [5.41, 5.74) is 4.22. The Morgan fingerprint density at radius 3 is 2.41 bits per heavy atom. The van der Waals surface area contributed by atoms with Gasteiger partial charge in [-0.3, -0.25) is 9.52 Å². The van der Waals surface area contributed by atoms with E-state index in [1.54, 1.807) is 41.8 Å². The van der Waals surface area contributed by atoms with Crippen LogP contribution in [0.4, 0.5) is 11.4 Å². The zero-order chi connectivity index (χ0) is 19.4. The largest absolute Gasteiger partial charge is 0.326 e. The van der Waals surface area contributed by atoms with E-state index in [9.17, 15) is 13.2 Å². The van der Waals surface area contributed by atoms with Gasteiger partial charge in [0.2, 0.25) is 5.91 Å². The first-order valence-corrected chi connectivity index (χ1v) is 10.7. The Hall–Kier alpha value is -2.64. The minimum atomic E-state index is -3.57. The molecule has 3 aromatic rings. The molecule has 0 aliphatic carbocycles. The molecule has 2 aromatic carbocycles. The standard InChI is InChI=1S/C20H20N2O3S2/c1-14-5-10-18(15(2)12-14)21-19(23)13-16-6-8-17(9-7-16)22-27(24,25)20-4-3-11-26-20/h3-12,22H,13H2,1-2H3,(H,21,23). The molecule has 0 unspecified atom stereocenters. The van der Waals surface area contributed by atoms with E-state index in [4.69, 9.17) is 0 Å². The summed E-state index contributed by atoms with van der Waals surface area (Å²) in [5, 5.41) is 4.62. The number of hydrogen-bond donors (Lipinski definition) is 2. The fourth-order valence-electron chi connectivity index (χ4n) is 2.65.